The molecular formula is C23H31N3O3S3. The predicted octanol–water partition coefficient (Wildman–Crippen LogP) is 4.43. The molecule has 0 atom stereocenters. The first-order valence-electron chi connectivity index (χ1n) is 11.0. The lowest BCUT2D eigenvalue weighted by Gasteiger charge is -2.30. The predicted molar refractivity (Wildman–Crippen MR) is 132 cm³/mol. The van der Waals surface area contributed by atoms with Gasteiger partial charge in [0.25, 0.3) is 0 Å². The molecule has 1 N–H and O–H groups in total. The number of nitrogens with one attached hydrogen (secondary N) is 1. The van der Waals surface area contributed by atoms with E-state index in [2.05, 4.69) is 22.4 Å². The Bertz CT molecular complexity index is 947. The largest absolute Gasteiger partial charge is 0.355 e. The first-order chi connectivity index (χ1) is 15.5. The lowest BCUT2D eigenvalue weighted by molar-refractivity contribution is -0.118. The summed E-state index contributed by atoms with van der Waals surface area (Å²) < 4.78 is 27.3. The topological polar surface area (TPSA) is 79.4 Å². The standard InChI is InChI=1S/C23H31N3O3S3/c1-26(19-9-4-2-5-10-19)32(28,29)21-13-14-23(25-17-21)31-18-22(27)24-15-8-16-30-20-11-6-3-7-12-20/h3,6-7,11-14,17,19H,2,4-5,8-10,15-16,18H2,1H3,(H,24,27). The zero-order valence-electron chi connectivity index (χ0n) is 18.4. The van der Waals surface area contributed by atoms with Crippen LogP contribution in [0.1, 0.15) is 38.5 Å². The molecule has 0 bridgehead atoms. The molecular weight excluding hydrogens is 462 g/mol. The van der Waals surface area contributed by atoms with E-state index in [0.29, 0.717) is 11.6 Å². The van der Waals surface area contributed by atoms with Crippen molar-refractivity contribution in [2.45, 2.75) is 59.4 Å². The summed E-state index contributed by atoms with van der Waals surface area (Å²) in [6.45, 7) is 0.636. The summed E-state index contributed by atoms with van der Waals surface area (Å²) in [5.74, 6) is 1.16. The monoisotopic (exact) mass is 493 g/mol. The fourth-order valence-electron chi connectivity index (χ4n) is 3.61. The molecule has 9 heteroatoms. The van der Waals surface area contributed by atoms with Crippen LogP contribution in [-0.4, -0.2) is 54.8 Å². The van der Waals surface area contributed by atoms with Gasteiger partial charge < -0.3 is 5.32 Å². The third-order valence-electron chi connectivity index (χ3n) is 5.48. The van der Waals surface area contributed by atoms with E-state index in [0.717, 1.165) is 37.9 Å². The maximum atomic E-state index is 12.9. The van der Waals surface area contributed by atoms with Crippen LogP contribution in [0.2, 0.25) is 0 Å². The highest BCUT2D eigenvalue weighted by molar-refractivity contribution is 8.00. The van der Waals surface area contributed by atoms with Gasteiger partial charge in [0.2, 0.25) is 15.9 Å². The minimum Gasteiger partial charge on any atom is -0.355 e. The lowest BCUT2D eigenvalue weighted by atomic mass is 9.96. The van der Waals surface area contributed by atoms with Crippen molar-refractivity contribution in [2.24, 2.45) is 0 Å². The van der Waals surface area contributed by atoms with Crippen molar-refractivity contribution in [2.75, 3.05) is 25.1 Å². The molecule has 0 saturated heterocycles. The van der Waals surface area contributed by atoms with Crippen molar-refractivity contribution in [1.82, 2.24) is 14.6 Å². The molecule has 174 valence electrons. The number of nitrogens with zero attached hydrogens (tertiary/aromatic N) is 2. The fourth-order valence-corrected chi connectivity index (χ4v) is 6.52. The number of sulfonamides is 1. The van der Waals surface area contributed by atoms with E-state index in [4.69, 9.17) is 0 Å². The zero-order chi connectivity index (χ0) is 22.8. The van der Waals surface area contributed by atoms with Crippen molar-refractivity contribution in [3.8, 4) is 0 Å². The Morgan fingerprint density at radius 2 is 1.84 bits per heavy atom. The highest BCUT2D eigenvalue weighted by Crippen LogP contribution is 2.27. The van der Waals surface area contributed by atoms with Crippen molar-refractivity contribution >= 4 is 39.5 Å². The highest BCUT2D eigenvalue weighted by Gasteiger charge is 2.29. The van der Waals surface area contributed by atoms with Crippen molar-refractivity contribution < 1.29 is 13.2 Å². The van der Waals surface area contributed by atoms with Crippen molar-refractivity contribution in [3.05, 3.63) is 48.7 Å². The summed E-state index contributed by atoms with van der Waals surface area (Å²) in [5.41, 5.74) is 0. The number of hydrogen-bond acceptors (Lipinski definition) is 6. The Morgan fingerprint density at radius 3 is 2.53 bits per heavy atom. The summed E-state index contributed by atoms with van der Waals surface area (Å²) in [4.78, 5) is 17.8. The molecule has 1 aromatic carbocycles. The summed E-state index contributed by atoms with van der Waals surface area (Å²) in [5, 5.41) is 3.56. The number of carbonyl (C=O) groups excluding carboxylic acids is 1. The maximum absolute atomic E-state index is 12.9. The van der Waals surface area contributed by atoms with E-state index in [9.17, 15) is 13.2 Å². The van der Waals surface area contributed by atoms with E-state index in [-0.39, 0.29) is 22.6 Å². The van der Waals surface area contributed by atoms with Crippen molar-refractivity contribution in [3.63, 3.8) is 0 Å². The van der Waals surface area contributed by atoms with E-state index in [1.165, 1.54) is 33.6 Å². The van der Waals surface area contributed by atoms with E-state index in [1.807, 2.05) is 18.2 Å². The molecule has 1 saturated carbocycles. The quantitative estimate of drug-likeness (QED) is 0.369. The van der Waals surface area contributed by atoms with Gasteiger partial charge in [-0.15, -0.1) is 11.8 Å². The van der Waals surface area contributed by atoms with Crippen LogP contribution in [0, 0.1) is 0 Å². The molecule has 1 aliphatic carbocycles. The highest BCUT2D eigenvalue weighted by atomic mass is 32.2. The van der Waals surface area contributed by atoms with Gasteiger partial charge in [0.15, 0.2) is 0 Å². The second-order valence-corrected chi connectivity index (χ2v) is 12.0. The zero-order valence-corrected chi connectivity index (χ0v) is 20.9. The number of thioether (sulfide) groups is 2. The minimum absolute atomic E-state index is 0.0461. The van der Waals surface area contributed by atoms with Gasteiger partial charge in [-0.1, -0.05) is 49.2 Å². The third kappa shape index (κ3) is 7.50. The molecule has 6 nitrogen and oxygen atoms in total. The average Bonchev–Trinajstić information content (AvgIpc) is 2.83. The summed E-state index contributed by atoms with van der Waals surface area (Å²) in [7, 11) is -1.88. The number of pyridine rings is 1. The van der Waals surface area contributed by atoms with Crippen LogP contribution < -0.4 is 5.32 Å². The fraction of sp³-hybridized carbons (Fsp3) is 0.478. The van der Waals surface area contributed by atoms with Gasteiger partial charge in [0.1, 0.15) is 4.90 Å². The Balaban J connectivity index is 1.38. The Morgan fingerprint density at radius 1 is 1.09 bits per heavy atom. The maximum Gasteiger partial charge on any atom is 0.244 e. The van der Waals surface area contributed by atoms with E-state index < -0.39 is 10.0 Å². The van der Waals surface area contributed by atoms with Crippen LogP contribution in [0.25, 0.3) is 0 Å². The number of amides is 1. The van der Waals surface area contributed by atoms with Crippen LogP contribution >= 0.6 is 23.5 Å². The van der Waals surface area contributed by atoms with Crippen LogP contribution in [0.15, 0.2) is 63.5 Å². The average molecular weight is 494 g/mol. The molecule has 32 heavy (non-hydrogen) atoms. The van der Waals surface area contributed by atoms with Gasteiger partial charge in [-0.25, -0.2) is 13.4 Å². The first kappa shape index (κ1) is 25.1. The van der Waals surface area contributed by atoms with Crippen LogP contribution in [0.3, 0.4) is 0 Å². The molecule has 0 radical (unpaired) electrons. The number of rotatable bonds is 11. The van der Waals surface area contributed by atoms with Gasteiger partial charge >= 0.3 is 0 Å². The SMILES string of the molecule is CN(C1CCCCC1)S(=O)(=O)c1ccc(SCC(=O)NCCCSc2ccccc2)nc1. The number of aromatic nitrogens is 1. The molecule has 0 unspecified atom stereocenters. The minimum atomic E-state index is -3.54. The summed E-state index contributed by atoms with van der Waals surface area (Å²) >= 11 is 3.09. The van der Waals surface area contributed by atoms with Crippen LogP contribution in [0.5, 0.6) is 0 Å². The van der Waals surface area contributed by atoms with Gasteiger partial charge in [-0.2, -0.15) is 4.31 Å². The number of carbonyl (C=O) groups is 1. The number of benzene rings is 1. The van der Waals surface area contributed by atoms with Crippen LogP contribution in [-0.2, 0) is 14.8 Å². The Hall–Kier alpha value is -1.55. The second-order valence-electron chi connectivity index (χ2n) is 7.80. The molecule has 1 heterocycles. The van der Waals surface area contributed by atoms with Crippen LogP contribution in [0.4, 0.5) is 0 Å². The van der Waals surface area contributed by atoms with Crippen molar-refractivity contribution in [1.29, 1.82) is 0 Å². The first-order valence-corrected chi connectivity index (χ1v) is 14.4. The molecule has 0 aliphatic heterocycles. The summed E-state index contributed by atoms with van der Waals surface area (Å²) in [6.07, 6.45) is 7.45. The second kappa shape index (κ2) is 12.6. The molecule has 1 aromatic heterocycles. The van der Waals surface area contributed by atoms with Gasteiger partial charge in [-0.05, 0) is 49.3 Å². The van der Waals surface area contributed by atoms with Gasteiger partial charge in [0.05, 0.1) is 10.8 Å². The number of hydrogen-bond donors (Lipinski definition) is 1. The lowest BCUT2D eigenvalue weighted by Crippen LogP contribution is -2.38. The Labute approximate surface area is 200 Å². The smallest absolute Gasteiger partial charge is 0.244 e. The summed E-state index contributed by atoms with van der Waals surface area (Å²) in [6, 6.07) is 13.5. The van der Waals surface area contributed by atoms with Gasteiger partial charge in [0, 0.05) is 30.7 Å². The molecule has 1 aliphatic rings. The molecule has 0 spiro atoms. The molecule has 1 amide bonds. The van der Waals surface area contributed by atoms with E-state index >= 15 is 0 Å². The molecule has 3 rings (SSSR count). The normalized spacial score (nSPS) is 15.1. The Kier molecular flexibility index (Phi) is 9.90. The van der Waals surface area contributed by atoms with E-state index in [1.54, 1.807) is 30.9 Å². The third-order valence-corrected chi connectivity index (χ3v) is 9.42. The van der Waals surface area contributed by atoms with Gasteiger partial charge in [-0.3, -0.25) is 4.79 Å². The molecule has 2 aromatic rings. The molecule has 1 fully saturated rings.